The van der Waals surface area contributed by atoms with Gasteiger partial charge in [0.2, 0.25) is 5.91 Å². The number of nitrogens with zero attached hydrogens (tertiary/aromatic N) is 1. The maximum absolute atomic E-state index is 13.0. The zero-order valence-electron chi connectivity index (χ0n) is 11.8. The maximum atomic E-state index is 13.0. The Labute approximate surface area is 128 Å². The molecule has 1 aliphatic heterocycles. The minimum Gasteiger partial charge on any atom is -0.336 e. The Morgan fingerprint density at radius 2 is 2.10 bits per heavy atom. The lowest BCUT2D eigenvalue weighted by atomic mass is 10.0. The summed E-state index contributed by atoms with van der Waals surface area (Å²) in [5.74, 6) is -0.0277. The molecule has 4 heteroatoms. The summed E-state index contributed by atoms with van der Waals surface area (Å²) < 4.78 is 13.0. The molecule has 1 amide bonds. The van der Waals surface area contributed by atoms with Crippen molar-refractivity contribution >= 4 is 17.2 Å². The van der Waals surface area contributed by atoms with E-state index in [1.807, 2.05) is 10.3 Å². The van der Waals surface area contributed by atoms with Gasteiger partial charge in [-0.1, -0.05) is 12.1 Å². The lowest BCUT2D eigenvalue weighted by molar-refractivity contribution is -0.132. The number of carbonyl (C=O) groups is 1. The van der Waals surface area contributed by atoms with Crippen molar-refractivity contribution in [2.75, 3.05) is 6.54 Å². The SMILES string of the molecule is O=C(CCc1ccsc1)N1CCCC1c1ccc(F)cc1. The number of thiophene rings is 1. The molecule has 1 atom stereocenters. The normalized spacial score (nSPS) is 18.1. The molecule has 0 N–H and O–H groups in total. The number of amides is 1. The molecule has 110 valence electrons. The van der Waals surface area contributed by atoms with Gasteiger partial charge >= 0.3 is 0 Å². The van der Waals surface area contributed by atoms with E-state index in [0.29, 0.717) is 6.42 Å². The Morgan fingerprint density at radius 3 is 2.81 bits per heavy atom. The van der Waals surface area contributed by atoms with Crippen LogP contribution in [0.15, 0.2) is 41.1 Å². The fraction of sp³-hybridized carbons (Fsp3) is 0.353. The molecule has 2 nitrogen and oxygen atoms in total. The summed E-state index contributed by atoms with van der Waals surface area (Å²) in [7, 11) is 0. The zero-order valence-corrected chi connectivity index (χ0v) is 12.6. The molecule has 0 spiro atoms. The van der Waals surface area contributed by atoms with Crippen LogP contribution in [0.25, 0.3) is 0 Å². The van der Waals surface area contributed by atoms with Crippen molar-refractivity contribution in [2.45, 2.75) is 31.7 Å². The highest BCUT2D eigenvalue weighted by atomic mass is 32.1. The Balaban J connectivity index is 1.65. The summed E-state index contributed by atoms with van der Waals surface area (Å²) in [6, 6.07) is 8.72. The molecule has 2 aromatic rings. The minimum absolute atomic E-state index is 0.112. The fourth-order valence-corrected chi connectivity index (χ4v) is 3.63. The van der Waals surface area contributed by atoms with Gasteiger partial charge in [-0.3, -0.25) is 4.79 Å². The van der Waals surface area contributed by atoms with E-state index in [9.17, 15) is 9.18 Å². The van der Waals surface area contributed by atoms with Crippen LogP contribution in [0.5, 0.6) is 0 Å². The largest absolute Gasteiger partial charge is 0.336 e. The van der Waals surface area contributed by atoms with Gasteiger partial charge < -0.3 is 4.90 Å². The minimum atomic E-state index is -0.230. The van der Waals surface area contributed by atoms with E-state index < -0.39 is 0 Å². The van der Waals surface area contributed by atoms with Crippen LogP contribution < -0.4 is 0 Å². The van der Waals surface area contributed by atoms with Crippen molar-refractivity contribution in [1.82, 2.24) is 4.90 Å². The highest BCUT2D eigenvalue weighted by Crippen LogP contribution is 2.32. The molecule has 0 saturated carbocycles. The number of benzene rings is 1. The number of rotatable bonds is 4. The zero-order chi connectivity index (χ0) is 14.7. The number of hydrogen-bond acceptors (Lipinski definition) is 2. The predicted molar refractivity (Wildman–Crippen MR) is 82.7 cm³/mol. The average Bonchev–Trinajstić information content (AvgIpc) is 3.17. The quantitative estimate of drug-likeness (QED) is 0.829. The first-order valence-corrected chi connectivity index (χ1v) is 8.24. The Hall–Kier alpha value is -1.68. The maximum Gasteiger partial charge on any atom is 0.223 e. The molecule has 1 aromatic carbocycles. The van der Waals surface area contributed by atoms with E-state index in [0.717, 1.165) is 31.4 Å². The van der Waals surface area contributed by atoms with E-state index in [1.165, 1.54) is 17.7 Å². The number of halogens is 1. The third kappa shape index (κ3) is 3.32. The Kier molecular flexibility index (Phi) is 4.34. The van der Waals surface area contributed by atoms with Crippen LogP contribution in [0, 0.1) is 5.82 Å². The summed E-state index contributed by atoms with van der Waals surface area (Å²) in [6.07, 6.45) is 3.34. The molecule has 1 aromatic heterocycles. The molecule has 21 heavy (non-hydrogen) atoms. The summed E-state index contributed by atoms with van der Waals surface area (Å²) in [4.78, 5) is 14.4. The lowest BCUT2D eigenvalue weighted by Gasteiger charge is -2.25. The first-order valence-electron chi connectivity index (χ1n) is 7.30. The lowest BCUT2D eigenvalue weighted by Crippen LogP contribution is -2.30. The van der Waals surface area contributed by atoms with Crippen LogP contribution in [0.4, 0.5) is 4.39 Å². The molecule has 3 rings (SSSR count). The van der Waals surface area contributed by atoms with Crippen LogP contribution in [0.2, 0.25) is 0 Å². The molecule has 1 unspecified atom stereocenters. The molecule has 1 fully saturated rings. The van der Waals surface area contributed by atoms with E-state index in [2.05, 4.69) is 11.4 Å². The van der Waals surface area contributed by atoms with Crippen molar-refractivity contribution in [1.29, 1.82) is 0 Å². The second-order valence-electron chi connectivity index (χ2n) is 5.43. The van der Waals surface area contributed by atoms with Gasteiger partial charge in [-0.05, 0) is 59.3 Å². The van der Waals surface area contributed by atoms with Crippen molar-refractivity contribution in [3.05, 3.63) is 58.0 Å². The molecular formula is C17H18FNOS. The van der Waals surface area contributed by atoms with E-state index >= 15 is 0 Å². The van der Waals surface area contributed by atoms with Crippen LogP contribution in [-0.4, -0.2) is 17.4 Å². The van der Waals surface area contributed by atoms with Crippen molar-refractivity contribution in [3.8, 4) is 0 Å². The molecule has 0 aliphatic carbocycles. The fourth-order valence-electron chi connectivity index (χ4n) is 2.93. The molecule has 2 heterocycles. The van der Waals surface area contributed by atoms with Crippen LogP contribution >= 0.6 is 11.3 Å². The summed E-state index contributed by atoms with van der Waals surface area (Å²) in [6.45, 7) is 0.810. The van der Waals surface area contributed by atoms with Crippen molar-refractivity contribution in [2.24, 2.45) is 0 Å². The smallest absolute Gasteiger partial charge is 0.223 e. The number of likely N-dealkylation sites (tertiary alicyclic amines) is 1. The van der Waals surface area contributed by atoms with Crippen molar-refractivity contribution in [3.63, 3.8) is 0 Å². The van der Waals surface area contributed by atoms with Crippen LogP contribution in [0.1, 0.15) is 36.4 Å². The van der Waals surface area contributed by atoms with Gasteiger partial charge in [-0.25, -0.2) is 4.39 Å². The summed E-state index contributed by atoms with van der Waals surface area (Å²) in [5.41, 5.74) is 2.27. The topological polar surface area (TPSA) is 20.3 Å². The van der Waals surface area contributed by atoms with E-state index in [1.54, 1.807) is 23.5 Å². The standard InChI is InChI=1S/C17H18FNOS/c18-15-6-4-14(5-7-15)16-2-1-10-19(16)17(20)8-3-13-9-11-21-12-13/h4-7,9,11-12,16H,1-3,8,10H2. The molecule has 0 bridgehead atoms. The monoisotopic (exact) mass is 303 g/mol. The van der Waals surface area contributed by atoms with Gasteiger partial charge in [0.15, 0.2) is 0 Å². The first-order chi connectivity index (χ1) is 10.2. The highest BCUT2D eigenvalue weighted by molar-refractivity contribution is 7.07. The third-order valence-corrected chi connectivity index (χ3v) is 4.77. The van der Waals surface area contributed by atoms with Gasteiger partial charge in [-0.15, -0.1) is 0 Å². The number of carbonyl (C=O) groups excluding carboxylic acids is 1. The van der Waals surface area contributed by atoms with Gasteiger partial charge in [0.25, 0.3) is 0 Å². The van der Waals surface area contributed by atoms with Gasteiger partial charge in [-0.2, -0.15) is 11.3 Å². The second kappa shape index (κ2) is 6.39. The second-order valence-corrected chi connectivity index (χ2v) is 6.21. The van der Waals surface area contributed by atoms with Gasteiger partial charge in [0.05, 0.1) is 6.04 Å². The molecule has 0 radical (unpaired) electrons. The summed E-state index contributed by atoms with van der Waals surface area (Å²) in [5, 5.41) is 4.13. The Morgan fingerprint density at radius 1 is 1.29 bits per heavy atom. The number of hydrogen-bond donors (Lipinski definition) is 0. The third-order valence-electron chi connectivity index (χ3n) is 4.04. The first kappa shape index (κ1) is 14.3. The van der Waals surface area contributed by atoms with Crippen molar-refractivity contribution < 1.29 is 9.18 Å². The number of aryl methyl sites for hydroxylation is 1. The van der Waals surface area contributed by atoms with E-state index in [-0.39, 0.29) is 17.8 Å². The Bertz CT molecular complexity index is 594. The van der Waals surface area contributed by atoms with E-state index in [4.69, 9.17) is 0 Å². The van der Waals surface area contributed by atoms with Crippen LogP contribution in [-0.2, 0) is 11.2 Å². The molecule has 1 saturated heterocycles. The average molecular weight is 303 g/mol. The summed E-state index contributed by atoms with van der Waals surface area (Å²) >= 11 is 1.66. The molecular weight excluding hydrogens is 285 g/mol. The molecule has 1 aliphatic rings. The van der Waals surface area contributed by atoms with Crippen LogP contribution in [0.3, 0.4) is 0 Å². The highest BCUT2D eigenvalue weighted by Gasteiger charge is 2.29. The predicted octanol–water partition coefficient (Wildman–Crippen LogP) is 4.18. The van der Waals surface area contributed by atoms with Gasteiger partial charge in [0, 0.05) is 13.0 Å². The van der Waals surface area contributed by atoms with Gasteiger partial charge in [0.1, 0.15) is 5.82 Å².